The van der Waals surface area contributed by atoms with Gasteiger partial charge < -0.3 is 14.8 Å². The Balaban J connectivity index is 2.09. The molecule has 1 N–H and O–H groups in total. The maximum atomic E-state index is 11.3. The minimum Gasteiger partial charge on any atom is -0.497 e. The van der Waals surface area contributed by atoms with E-state index in [1.165, 1.54) is 5.57 Å². The highest BCUT2D eigenvalue weighted by molar-refractivity contribution is 5.88. The summed E-state index contributed by atoms with van der Waals surface area (Å²) in [6.07, 6.45) is 1.31. The molecule has 1 aromatic carbocycles. The summed E-state index contributed by atoms with van der Waals surface area (Å²) in [6, 6.07) is 5.75. The van der Waals surface area contributed by atoms with E-state index >= 15 is 0 Å². The zero-order valence-corrected chi connectivity index (χ0v) is 9.58. The fourth-order valence-electron chi connectivity index (χ4n) is 2.26. The molecular weight excluding hydrogens is 218 g/mol. The summed E-state index contributed by atoms with van der Waals surface area (Å²) in [5.74, 6) is 1.73. The molecule has 0 aliphatic carbocycles. The number of ether oxygens (including phenoxy) is 2. The Labute approximate surface area is 99.2 Å². The van der Waals surface area contributed by atoms with Gasteiger partial charge in [-0.1, -0.05) is 0 Å². The number of benzene rings is 1. The molecule has 0 aromatic heterocycles. The molecule has 4 heteroatoms. The number of methoxy groups -OCH3 is 1. The van der Waals surface area contributed by atoms with Gasteiger partial charge in [-0.3, -0.25) is 4.79 Å². The normalized spacial score (nSPS) is 17.8. The van der Waals surface area contributed by atoms with Crippen molar-refractivity contribution in [3.05, 3.63) is 29.5 Å². The predicted molar refractivity (Wildman–Crippen MR) is 62.8 cm³/mol. The highest BCUT2D eigenvalue weighted by Gasteiger charge is 2.25. The molecule has 0 unspecified atom stereocenters. The van der Waals surface area contributed by atoms with Gasteiger partial charge in [-0.05, 0) is 30.2 Å². The first-order valence-corrected chi connectivity index (χ1v) is 5.61. The lowest BCUT2D eigenvalue weighted by atomic mass is 9.93. The SMILES string of the molecule is COc1ccc2c(c1)C1=C(CO2)NC(=O)CC1. The van der Waals surface area contributed by atoms with Gasteiger partial charge in [0.2, 0.25) is 5.91 Å². The highest BCUT2D eigenvalue weighted by Crippen LogP contribution is 2.38. The van der Waals surface area contributed by atoms with Gasteiger partial charge in [0, 0.05) is 12.0 Å². The number of allylic oxidation sites excluding steroid dienone is 1. The Bertz CT molecular complexity index is 519. The van der Waals surface area contributed by atoms with Crippen molar-refractivity contribution in [1.29, 1.82) is 0 Å². The lowest BCUT2D eigenvalue weighted by molar-refractivity contribution is -0.120. The molecule has 4 nitrogen and oxygen atoms in total. The van der Waals surface area contributed by atoms with Crippen molar-refractivity contribution >= 4 is 11.5 Å². The van der Waals surface area contributed by atoms with Gasteiger partial charge in [-0.2, -0.15) is 0 Å². The molecule has 2 aliphatic heterocycles. The van der Waals surface area contributed by atoms with Crippen LogP contribution in [0.5, 0.6) is 11.5 Å². The third-order valence-corrected chi connectivity index (χ3v) is 3.14. The molecule has 0 fully saturated rings. The molecule has 0 saturated heterocycles. The Hall–Kier alpha value is -1.97. The number of amides is 1. The molecule has 0 radical (unpaired) electrons. The molecule has 88 valence electrons. The topological polar surface area (TPSA) is 47.6 Å². The van der Waals surface area contributed by atoms with E-state index in [2.05, 4.69) is 5.32 Å². The van der Waals surface area contributed by atoms with Gasteiger partial charge in [0.1, 0.15) is 18.1 Å². The first-order chi connectivity index (χ1) is 8.28. The minimum atomic E-state index is 0.0682. The first-order valence-electron chi connectivity index (χ1n) is 5.61. The van der Waals surface area contributed by atoms with Crippen LogP contribution in [-0.2, 0) is 4.79 Å². The molecule has 17 heavy (non-hydrogen) atoms. The zero-order valence-electron chi connectivity index (χ0n) is 9.58. The van der Waals surface area contributed by atoms with Gasteiger partial charge >= 0.3 is 0 Å². The molecule has 2 aliphatic rings. The minimum absolute atomic E-state index is 0.0682. The van der Waals surface area contributed by atoms with Crippen LogP contribution in [0.3, 0.4) is 0 Å². The van der Waals surface area contributed by atoms with E-state index < -0.39 is 0 Å². The van der Waals surface area contributed by atoms with Gasteiger partial charge in [0.15, 0.2) is 0 Å². The molecule has 0 saturated carbocycles. The maximum absolute atomic E-state index is 11.3. The second-order valence-corrected chi connectivity index (χ2v) is 4.16. The summed E-state index contributed by atoms with van der Waals surface area (Å²) in [6.45, 7) is 0.445. The molecular formula is C13H13NO3. The summed E-state index contributed by atoms with van der Waals surface area (Å²) in [5.41, 5.74) is 3.09. The number of hydrogen-bond donors (Lipinski definition) is 1. The smallest absolute Gasteiger partial charge is 0.224 e. The van der Waals surface area contributed by atoms with Crippen LogP contribution < -0.4 is 14.8 Å². The summed E-state index contributed by atoms with van der Waals surface area (Å²) in [7, 11) is 1.64. The number of carbonyl (C=O) groups is 1. The lowest BCUT2D eigenvalue weighted by Crippen LogP contribution is -2.32. The van der Waals surface area contributed by atoms with E-state index in [9.17, 15) is 4.79 Å². The largest absolute Gasteiger partial charge is 0.497 e. The maximum Gasteiger partial charge on any atom is 0.224 e. The van der Waals surface area contributed by atoms with Crippen LogP contribution in [0.15, 0.2) is 23.9 Å². The lowest BCUT2D eigenvalue weighted by Gasteiger charge is -2.27. The van der Waals surface area contributed by atoms with Crippen molar-refractivity contribution in [1.82, 2.24) is 5.32 Å². The van der Waals surface area contributed by atoms with Gasteiger partial charge in [-0.25, -0.2) is 0 Å². The van der Waals surface area contributed by atoms with Crippen molar-refractivity contribution in [2.24, 2.45) is 0 Å². The third kappa shape index (κ3) is 1.65. The molecule has 0 spiro atoms. The first kappa shape index (κ1) is 10.2. The van der Waals surface area contributed by atoms with Gasteiger partial charge in [-0.15, -0.1) is 0 Å². The number of rotatable bonds is 1. The van der Waals surface area contributed by atoms with Crippen LogP contribution in [0.1, 0.15) is 18.4 Å². The predicted octanol–water partition coefficient (Wildman–Crippen LogP) is 1.71. The summed E-state index contributed by atoms with van der Waals surface area (Å²) in [5, 5.41) is 2.87. The Morgan fingerprint density at radius 1 is 1.35 bits per heavy atom. The van der Waals surface area contributed by atoms with Crippen LogP contribution >= 0.6 is 0 Å². The molecule has 3 rings (SSSR count). The van der Waals surface area contributed by atoms with Crippen LogP contribution in [0, 0.1) is 0 Å². The van der Waals surface area contributed by atoms with E-state index in [1.54, 1.807) is 7.11 Å². The average Bonchev–Trinajstić information content (AvgIpc) is 2.37. The molecule has 1 aromatic rings. The van der Waals surface area contributed by atoms with Crippen molar-refractivity contribution in [3.8, 4) is 11.5 Å². The van der Waals surface area contributed by atoms with Crippen LogP contribution in [-0.4, -0.2) is 19.6 Å². The highest BCUT2D eigenvalue weighted by atomic mass is 16.5. The fraction of sp³-hybridized carbons (Fsp3) is 0.308. The Kier molecular flexibility index (Phi) is 2.28. The third-order valence-electron chi connectivity index (χ3n) is 3.14. The number of fused-ring (bicyclic) bond motifs is 2. The van der Waals surface area contributed by atoms with E-state index in [0.717, 1.165) is 29.2 Å². The van der Waals surface area contributed by atoms with E-state index in [0.29, 0.717) is 13.0 Å². The zero-order chi connectivity index (χ0) is 11.8. The molecule has 0 atom stereocenters. The van der Waals surface area contributed by atoms with E-state index in [-0.39, 0.29) is 5.91 Å². The number of carbonyl (C=O) groups excluding carboxylic acids is 1. The van der Waals surface area contributed by atoms with Crippen molar-refractivity contribution in [2.45, 2.75) is 12.8 Å². The van der Waals surface area contributed by atoms with Crippen molar-refractivity contribution < 1.29 is 14.3 Å². The standard InChI is InChI=1S/C13H13NO3/c1-16-8-2-4-12-10(6-8)9-3-5-13(15)14-11(9)7-17-12/h2,4,6H,3,5,7H2,1H3,(H,14,15). The molecule has 1 amide bonds. The van der Waals surface area contributed by atoms with Crippen LogP contribution in [0.25, 0.3) is 5.57 Å². The average molecular weight is 231 g/mol. The van der Waals surface area contributed by atoms with E-state index in [1.807, 2.05) is 18.2 Å². The second-order valence-electron chi connectivity index (χ2n) is 4.16. The quantitative estimate of drug-likeness (QED) is 0.800. The summed E-state index contributed by atoms with van der Waals surface area (Å²) >= 11 is 0. The van der Waals surface area contributed by atoms with Gasteiger partial charge in [0.25, 0.3) is 0 Å². The van der Waals surface area contributed by atoms with Crippen molar-refractivity contribution in [3.63, 3.8) is 0 Å². The number of hydrogen-bond acceptors (Lipinski definition) is 3. The summed E-state index contributed by atoms with van der Waals surface area (Å²) < 4.78 is 10.8. The molecule has 0 bridgehead atoms. The Morgan fingerprint density at radius 2 is 2.24 bits per heavy atom. The van der Waals surface area contributed by atoms with Crippen molar-refractivity contribution in [2.75, 3.05) is 13.7 Å². The Morgan fingerprint density at radius 3 is 3.06 bits per heavy atom. The van der Waals surface area contributed by atoms with Crippen LogP contribution in [0.4, 0.5) is 0 Å². The van der Waals surface area contributed by atoms with Crippen LogP contribution in [0.2, 0.25) is 0 Å². The monoisotopic (exact) mass is 231 g/mol. The van der Waals surface area contributed by atoms with Gasteiger partial charge in [0.05, 0.1) is 12.8 Å². The molecule has 2 heterocycles. The fourth-order valence-corrected chi connectivity index (χ4v) is 2.26. The summed E-state index contributed by atoms with van der Waals surface area (Å²) in [4.78, 5) is 11.3. The van der Waals surface area contributed by atoms with E-state index in [4.69, 9.17) is 9.47 Å². The number of nitrogens with one attached hydrogen (secondary N) is 1. The second kappa shape index (κ2) is 3.80.